The van der Waals surface area contributed by atoms with Crippen molar-refractivity contribution in [3.8, 4) is 6.07 Å². The number of nitriles is 1. The van der Waals surface area contributed by atoms with E-state index in [-0.39, 0.29) is 31.7 Å². The van der Waals surface area contributed by atoms with Crippen LogP contribution in [0.4, 0.5) is 23.8 Å². The molecule has 0 bridgehead atoms. The maximum Gasteiger partial charge on any atom is 0.417 e. The van der Waals surface area contributed by atoms with Crippen LogP contribution in [0.2, 0.25) is 0 Å². The lowest BCUT2D eigenvalue weighted by Crippen LogP contribution is -2.47. The highest BCUT2D eigenvalue weighted by Gasteiger charge is 2.43. The number of halogens is 3. The molecular weight excluding hydrogens is 329 g/mol. The Morgan fingerprint density at radius 1 is 1.33 bits per heavy atom. The summed E-state index contributed by atoms with van der Waals surface area (Å²) in [6.45, 7) is 0.0491. The molecule has 128 valence electrons. The summed E-state index contributed by atoms with van der Waals surface area (Å²) >= 11 is 0. The van der Waals surface area contributed by atoms with E-state index in [9.17, 15) is 28.0 Å². The average Bonchev–Trinajstić information content (AvgIpc) is 2.54. The number of amides is 2. The summed E-state index contributed by atoms with van der Waals surface area (Å²) in [6.07, 6.45) is -5.08. The molecule has 1 fully saturated rings. The summed E-state index contributed by atoms with van der Waals surface area (Å²) in [7, 11) is 0. The third-order valence-corrected chi connectivity index (χ3v) is 3.87. The molecule has 0 saturated carbocycles. The molecule has 0 atom stereocenters. The molecule has 1 aliphatic rings. The van der Waals surface area contributed by atoms with Crippen LogP contribution in [0.15, 0.2) is 18.3 Å². The number of piperidine rings is 1. The van der Waals surface area contributed by atoms with Gasteiger partial charge in [-0.15, -0.1) is 0 Å². The van der Waals surface area contributed by atoms with Gasteiger partial charge in [-0.2, -0.15) is 18.4 Å². The first-order chi connectivity index (χ1) is 11.2. The maximum absolute atomic E-state index is 12.5. The van der Waals surface area contributed by atoms with E-state index in [1.54, 1.807) is 0 Å². The molecule has 0 unspecified atom stereocenters. The van der Waals surface area contributed by atoms with Crippen LogP contribution in [0.1, 0.15) is 18.4 Å². The number of carbonyl (C=O) groups is 2. The van der Waals surface area contributed by atoms with Crippen LogP contribution in [0.5, 0.6) is 0 Å². The summed E-state index contributed by atoms with van der Waals surface area (Å²) in [5.74, 6) is -0.814. The minimum atomic E-state index is -4.53. The molecule has 0 spiro atoms. The lowest BCUT2D eigenvalue weighted by molar-refractivity contribution is -0.137. The van der Waals surface area contributed by atoms with Gasteiger partial charge in [-0.25, -0.2) is 9.78 Å². The minimum Gasteiger partial charge on any atom is -0.465 e. The number of carbonyl (C=O) groups excluding carboxylic acids is 1. The Bertz CT molecular complexity index is 674. The van der Waals surface area contributed by atoms with E-state index >= 15 is 0 Å². The number of likely N-dealkylation sites (tertiary alicyclic amines) is 1. The Hall–Kier alpha value is -2.83. The van der Waals surface area contributed by atoms with E-state index in [2.05, 4.69) is 10.3 Å². The zero-order valence-electron chi connectivity index (χ0n) is 12.3. The standard InChI is InChI=1S/C14H13F3N4O3/c15-14(16,17)9-1-2-10(19-7-9)20-11(22)13(8-18)3-5-21(6-4-13)12(23)24/h1-2,7H,3-6H2,(H,23,24)(H,19,20,22). The van der Waals surface area contributed by atoms with Gasteiger partial charge < -0.3 is 15.3 Å². The second-order valence-corrected chi connectivity index (χ2v) is 5.35. The molecule has 7 nitrogen and oxygen atoms in total. The molecule has 0 aliphatic carbocycles. The molecule has 1 aromatic heterocycles. The lowest BCUT2D eigenvalue weighted by Gasteiger charge is -2.34. The quantitative estimate of drug-likeness (QED) is 0.858. The molecule has 1 saturated heterocycles. The summed E-state index contributed by atoms with van der Waals surface area (Å²) < 4.78 is 37.4. The first-order valence-electron chi connectivity index (χ1n) is 6.92. The molecule has 0 radical (unpaired) electrons. The maximum atomic E-state index is 12.5. The average molecular weight is 342 g/mol. The van der Waals surface area contributed by atoms with Crippen molar-refractivity contribution in [3.63, 3.8) is 0 Å². The van der Waals surface area contributed by atoms with Gasteiger partial charge in [0.15, 0.2) is 0 Å². The molecule has 2 N–H and O–H groups in total. The Morgan fingerprint density at radius 3 is 2.38 bits per heavy atom. The van der Waals surface area contributed by atoms with Crippen molar-refractivity contribution < 1.29 is 27.9 Å². The summed E-state index contributed by atoms with van der Waals surface area (Å²) in [5.41, 5.74) is -2.39. The lowest BCUT2D eigenvalue weighted by atomic mass is 9.79. The number of hydrogen-bond donors (Lipinski definition) is 2. The normalized spacial score (nSPS) is 17.0. The van der Waals surface area contributed by atoms with Gasteiger partial charge in [0.1, 0.15) is 11.2 Å². The minimum absolute atomic E-state index is 0.00225. The van der Waals surface area contributed by atoms with Gasteiger partial charge in [0, 0.05) is 19.3 Å². The Kier molecular flexibility index (Phi) is 4.64. The molecule has 1 aliphatic heterocycles. The number of rotatable bonds is 2. The fraction of sp³-hybridized carbons (Fsp3) is 0.429. The zero-order chi connectivity index (χ0) is 18.0. The predicted molar refractivity (Wildman–Crippen MR) is 74.7 cm³/mol. The number of alkyl halides is 3. The fourth-order valence-electron chi connectivity index (χ4n) is 2.34. The van der Waals surface area contributed by atoms with Crippen LogP contribution >= 0.6 is 0 Å². The molecule has 1 aromatic rings. The third kappa shape index (κ3) is 3.56. The highest BCUT2D eigenvalue weighted by molar-refractivity contribution is 5.96. The van der Waals surface area contributed by atoms with Crippen LogP contribution in [-0.2, 0) is 11.0 Å². The second kappa shape index (κ2) is 6.35. The number of carboxylic acid groups (broad SMARTS) is 1. The zero-order valence-corrected chi connectivity index (χ0v) is 12.3. The largest absolute Gasteiger partial charge is 0.465 e. The molecule has 24 heavy (non-hydrogen) atoms. The highest BCUT2D eigenvalue weighted by Crippen LogP contribution is 2.33. The molecule has 2 rings (SSSR count). The molecule has 2 amide bonds. The van der Waals surface area contributed by atoms with E-state index in [4.69, 9.17) is 5.11 Å². The molecule has 2 heterocycles. The Labute approximate surface area is 134 Å². The van der Waals surface area contributed by atoms with Gasteiger partial charge in [0.2, 0.25) is 5.91 Å². The predicted octanol–water partition coefficient (Wildman–Crippen LogP) is 2.32. The first-order valence-corrected chi connectivity index (χ1v) is 6.92. The fourth-order valence-corrected chi connectivity index (χ4v) is 2.34. The summed E-state index contributed by atoms with van der Waals surface area (Å²) in [5, 5.41) is 20.5. The van der Waals surface area contributed by atoms with Crippen molar-refractivity contribution in [3.05, 3.63) is 23.9 Å². The van der Waals surface area contributed by atoms with E-state index in [0.29, 0.717) is 6.20 Å². The number of pyridine rings is 1. The highest BCUT2D eigenvalue weighted by atomic mass is 19.4. The number of nitrogens with zero attached hydrogens (tertiary/aromatic N) is 3. The summed E-state index contributed by atoms with van der Waals surface area (Å²) in [4.78, 5) is 27.8. The number of anilines is 1. The van der Waals surface area contributed by atoms with E-state index in [1.807, 2.05) is 6.07 Å². The van der Waals surface area contributed by atoms with Gasteiger partial charge >= 0.3 is 12.3 Å². The van der Waals surface area contributed by atoms with Crippen LogP contribution in [-0.4, -0.2) is 40.1 Å². The van der Waals surface area contributed by atoms with Crippen molar-refractivity contribution >= 4 is 17.8 Å². The number of nitrogens with one attached hydrogen (secondary N) is 1. The van der Waals surface area contributed by atoms with Gasteiger partial charge in [-0.3, -0.25) is 4.79 Å². The molecule has 0 aromatic carbocycles. The number of aromatic nitrogens is 1. The smallest absolute Gasteiger partial charge is 0.417 e. The van der Waals surface area contributed by atoms with Crippen molar-refractivity contribution in [2.45, 2.75) is 19.0 Å². The van der Waals surface area contributed by atoms with E-state index in [1.165, 1.54) is 0 Å². The first kappa shape index (κ1) is 17.5. The van der Waals surface area contributed by atoms with E-state index < -0.39 is 29.2 Å². The van der Waals surface area contributed by atoms with Gasteiger partial charge in [-0.05, 0) is 25.0 Å². The third-order valence-electron chi connectivity index (χ3n) is 3.87. The SMILES string of the molecule is N#CC1(C(=O)Nc2ccc(C(F)(F)F)cn2)CCN(C(=O)O)CC1. The monoisotopic (exact) mass is 342 g/mol. The Morgan fingerprint density at radius 2 is 1.96 bits per heavy atom. The van der Waals surface area contributed by atoms with Crippen LogP contribution in [0, 0.1) is 16.7 Å². The molecular formula is C14H13F3N4O3. The van der Waals surface area contributed by atoms with Crippen LogP contribution < -0.4 is 5.32 Å². The van der Waals surface area contributed by atoms with Crippen molar-refractivity contribution in [2.24, 2.45) is 5.41 Å². The number of hydrogen-bond acceptors (Lipinski definition) is 4. The van der Waals surface area contributed by atoms with Crippen LogP contribution in [0.25, 0.3) is 0 Å². The molecule has 10 heteroatoms. The second-order valence-electron chi connectivity index (χ2n) is 5.35. The van der Waals surface area contributed by atoms with Crippen molar-refractivity contribution in [1.29, 1.82) is 5.26 Å². The van der Waals surface area contributed by atoms with Crippen molar-refractivity contribution in [1.82, 2.24) is 9.88 Å². The van der Waals surface area contributed by atoms with E-state index in [0.717, 1.165) is 17.0 Å². The van der Waals surface area contributed by atoms with Gasteiger partial charge in [0.05, 0.1) is 11.6 Å². The summed E-state index contributed by atoms with van der Waals surface area (Å²) in [6, 6.07) is 3.66. The van der Waals surface area contributed by atoms with Crippen LogP contribution in [0.3, 0.4) is 0 Å². The van der Waals surface area contributed by atoms with Gasteiger partial charge in [-0.1, -0.05) is 0 Å². The Balaban J connectivity index is 2.08. The topological polar surface area (TPSA) is 106 Å². The van der Waals surface area contributed by atoms with Gasteiger partial charge in [0.25, 0.3) is 0 Å². The van der Waals surface area contributed by atoms with Crippen molar-refractivity contribution in [2.75, 3.05) is 18.4 Å².